The molecule has 0 aliphatic carbocycles. The van der Waals surface area contributed by atoms with Crippen LogP contribution in [0.3, 0.4) is 0 Å². The van der Waals surface area contributed by atoms with Crippen molar-refractivity contribution in [2.45, 2.75) is 18.8 Å². The van der Waals surface area contributed by atoms with Gasteiger partial charge in [-0.3, -0.25) is 0 Å². The van der Waals surface area contributed by atoms with E-state index in [1.807, 2.05) is 0 Å². The second kappa shape index (κ2) is 4.95. The number of rotatable bonds is 2. The molecule has 1 saturated heterocycles. The van der Waals surface area contributed by atoms with Crippen molar-refractivity contribution in [1.82, 2.24) is 5.32 Å². The SMILES string of the molecule is OB(O)c1ccc(C2CCCNC2)c(F)c1. The summed E-state index contributed by atoms with van der Waals surface area (Å²) in [7, 11) is -1.60. The van der Waals surface area contributed by atoms with Crippen LogP contribution in [-0.4, -0.2) is 30.3 Å². The smallest absolute Gasteiger partial charge is 0.423 e. The van der Waals surface area contributed by atoms with Crippen LogP contribution in [0.1, 0.15) is 24.3 Å². The molecule has 16 heavy (non-hydrogen) atoms. The van der Waals surface area contributed by atoms with Crippen LogP contribution in [0, 0.1) is 5.82 Å². The molecule has 5 heteroatoms. The molecule has 1 aromatic rings. The van der Waals surface area contributed by atoms with Gasteiger partial charge in [0.25, 0.3) is 0 Å². The number of halogens is 1. The minimum atomic E-state index is -1.60. The fourth-order valence-electron chi connectivity index (χ4n) is 2.15. The summed E-state index contributed by atoms with van der Waals surface area (Å²) in [5.74, 6) is -0.155. The van der Waals surface area contributed by atoms with Crippen molar-refractivity contribution in [3.63, 3.8) is 0 Å². The van der Waals surface area contributed by atoms with Crippen LogP contribution >= 0.6 is 0 Å². The molecule has 1 atom stereocenters. The van der Waals surface area contributed by atoms with E-state index in [4.69, 9.17) is 10.0 Å². The highest BCUT2D eigenvalue weighted by Crippen LogP contribution is 2.24. The molecule has 2 rings (SSSR count). The van der Waals surface area contributed by atoms with E-state index in [1.165, 1.54) is 6.07 Å². The van der Waals surface area contributed by atoms with Crippen molar-refractivity contribution in [3.05, 3.63) is 29.6 Å². The largest absolute Gasteiger partial charge is 0.488 e. The Morgan fingerprint density at radius 1 is 1.38 bits per heavy atom. The minimum absolute atomic E-state index is 0.193. The van der Waals surface area contributed by atoms with Gasteiger partial charge in [0.2, 0.25) is 0 Å². The third kappa shape index (κ3) is 2.43. The van der Waals surface area contributed by atoms with E-state index < -0.39 is 7.12 Å². The monoisotopic (exact) mass is 223 g/mol. The molecule has 0 spiro atoms. The molecule has 86 valence electrons. The van der Waals surface area contributed by atoms with Crippen LogP contribution in [0.4, 0.5) is 4.39 Å². The summed E-state index contributed by atoms with van der Waals surface area (Å²) in [6.45, 7) is 1.78. The molecule has 0 radical (unpaired) electrons. The molecular weight excluding hydrogens is 208 g/mol. The predicted molar refractivity (Wildman–Crippen MR) is 61.1 cm³/mol. The zero-order valence-electron chi connectivity index (χ0n) is 8.99. The van der Waals surface area contributed by atoms with Crippen LogP contribution in [0.5, 0.6) is 0 Å². The maximum Gasteiger partial charge on any atom is 0.488 e. The van der Waals surface area contributed by atoms with Gasteiger partial charge >= 0.3 is 7.12 Å². The van der Waals surface area contributed by atoms with Gasteiger partial charge in [0.1, 0.15) is 5.82 Å². The Labute approximate surface area is 94.4 Å². The van der Waals surface area contributed by atoms with Gasteiger partial charge in [-0.2, -0.15) is 0 Å². The van der Waals surface area contributed by atoms with E-state index >= 15 is 0 Å². The highest BCUT2D eigenvalue weighted by molar-refractivity contribution is 6.58. The maximum absolute atomic E-state index is 13.7. The van der Waals surface area contributed by atoms with Crippen LogP contribution < -0.4 is 10.8 Å². The first kappa shape index (κ1) is 11.6. The van der Waals surface area contributed by atoms with Crippen LogP contribution in [0.15, 0.2) is 18.2 Å². The zero-order valence-corrected chi connectivity index (χ0v) is 8.99. The number of hydrogen-bond donors (Lipinski definition) is 3. The second-order valence-electron chi connectivity index (χ2n) is 4.20. The minimum Gasteiger partial charge on any atom is -0.423 e. The van der Waals surface area contributed by atoms with E-state index in [9.17, 15) is 4.39 Å². The molecule has 1 aromatic carbocycles. The Balaban J connectivity index is 2.21. The molecule has 0 saturated carbocycles. The molecular formula is C11H15BFNO2. The summed E-state index contributed by atoms with van der Waals surface area (Å²) in [6, 6.07) is 4.42. The van der Waals surface area contributed by atoms with Gasteiger partial charge in [-0.05, 0) is 42.4 Å². The summed E-state index contributed by atoms with van der Waals surface area (Å²) in [5.41, 5.74) is 0.863. The molecule has 1 fully saturated rings. The van der Waals surface area contributed by atoms with Gasteiger partial charge in [0, 0.05) is 6.54 Å². The van der Waals surface area contributed by atoms with Gasteiger partial charge in [-0.15, -0.1) is 0 Å². The van der Waals surface area contributed by atoms with Gasteiger partial charge < -0.3 is 15.4 Å². The summed E-state index contributed by atoms with van der Waals surface area (Å²) < 4.78 is 13.7. The van der Waals surface area contributed by atoms with Gasteiger partial charge in [-0.1, -0.05) is 12.1 Å². The van der Waals surface area contributed by atoms with E-state index in [-0.39, 0.29) is 17.2 Å². The second-order valence-corrected chi connectivity index (χ2v) is 4.20. The molecule has 1 aliphatic heterocycles. The molecule has 3 nitrogen and oxygen atoms in total. The Hall–Kier alpha value is -0.905. The van der Waals surface area contributed by atoms with Crippen molar-refractivity contribution in [1.29, 1.82) is 0 Å². The highest BCUT2D eigenvalue weighted by Gasteiger charge is 2.20. The third-order valence-electron chi connectivity index (χ3n) is 3.06. The molecule has 0 bridgehead atoms. The van der Waals surface area contributed by atoms with Gasteiger partial charge in [0.05, 0.1) is 0 Å². The lowest BCUT2D eigenvalue weighted by Crippen LogP contribution is -2.32. The van der Waals surface area contributed by atoms with Crippen molar-refractivity contribution in [2.24, 2.45) is 0 Å². The maximum atomic E-state index is 13.7. The Kier molecular flexibility index (Phi) is 3.58. The molecule has 0 aromatic heterocycles. The van der Waals surface area contributed by atoms with Gasteiger partial charge in [0.15, 0.2) is 0 Å². The van der Waals surface area contributed by atoms with Crippen LogP contribution in [0.2, 0.25) is 0 Å². The molecule has 1 heterocycles. The molecule has 3 N–H and O–H groups in total. The predicted octanol–water partition coefficient (Wildman–Crippen LogP) is -0.0275. The number of hydrogen-bond acceptors (Lipinski definition) is 3. The van der Waals surface area contributed by atoms with Crippen molar-refractivity contribution >= 4 is 12.6 Å². The fraction of sp³-hybridized carbons (Fsp3) is 0.455. The number of nitrogens with one attached hydrogen (secondary N) is 1. The molecule has 1 aliphatic rings. The summed E-state index contributed by atoms with van der Waals surface area (Å²) in [6.07, 6.45) is 2.03. The first-order valence-electron chi connectivity index (χ1n) is 5.54. The highest BCUT2D eigenvalue weighted by atomic mass is 19.1. The normalized spacial score (nSPS) is 20.8. The Bertz CT molecular complexity index is 367. The van der Waals surface area contributed by atoms with E-state index in [0.717, 1.165) is 25.9 Å². The topological polar surface area (TPSA) is 52.5 Å². The van der Waals surface area contributed by atoms with Crippen LogP contribution in [0.25, 0.3) is 0 Å². The van der Waals surface area contributed by atoms with Crippen molar-refractivity contribution in [3.8, 4) is 0 Å². The Morgan fingerprint density at radius 3 is 2.75 bits per heavy atom. The van der Waals surface area contributed by atoms with Crippen molar-refractivity contribution < 1.29 is 14.4 Å². The van der Waals surface area contributed by atoms with E-state index in [2.05, 4.69) is 5.32 Å². The lowest BCUT2D eigenvalue weighted by molar-refractivity contribution is 0.424. The van der Waals surface area contributed by atoms with E-state index in [0.29, 0.717) is 5.56 Å². The number of benzene rings is 1. The van der Waals surface area contributed by atoms with Crippen LogP contribution in [-0.2, 0) is 0 Å². The lowest BCUT2D eigenvalue weighted by Gasteiger charge is -2.23. The van der Waals surface area contributed by atoms with E-state index in [1.54, 1.807) is 12.1 Å². The average molecular weight is 223 g/mol. The van der Waals surface area contributed by atoms with Gasteiger partial charge in [-0.25, -0.2) is 4.39 Å². The standard InChI is InChI=1S/C11H15BFNO2/c13-11-6-9(12(15)16)3-4-10(11)8-2-1-5-14-7-8/h3-4,6,8,14-16H,1-2,5,7H2. The third-order valence-corrected chi connectivity index (χ3v) is 3.06. The summed E-state index contributed by atoms with van der Waals surface area (Å²) in [5, 5.41) is 21.1. The summed E-state index contributed by atoms with van der Waals surface area (Å²) >= 11 is 0. The lowest BCUT2D eigenvalue weighted by atomic mass is 9.78. The zero-order chi connectivity index (χ0) is 11.5. The molecule has 0 amide bonds. The summed E-state index contributed by atoms with van der Waals surface area (Å²) in [4.78, 5) is 0. The first-order chi connectivity index (χ1) is 7.68. The fourth-order valence-corrected chi connectivity index (χ4v) is 2.15. The number of piperidine rings is 1. The average Bonchev–Trinajstić information content (AvgIpc) is 2.30. The first-order valence-corrected chi connectivity index (χ1v) is 5.54. The Morgan fingerprint density at radius 2 is 2.19 bits per heavy atom. The molecule has 1 unspecified atom stereocenters. The quantitative estimate of drug-likeness (QED) is 0.617. The van der Waals surface area contributed by atoms with Crippen molar-refractivity contribution in [2.75, 3.05) is 13.1 Å².